The number of nitrogens with zero attached hydrogens (tertiary/aromatic N) is 3. The first-order valence-electron chi connectivity index (χ1n) is 10.1. The summed E-state index contributed by atoms with van der Waals surface area (Å²) in [5.74, 6) is 0. The van der Waals surface area contributed by atoms with Crippen LogP contribution in [0, 0.1) is 24.0 Å². The van der Waals surface area contributed by atoms with E-state index in [0.717, 1.165) is 22.4 Å². The third kappa shape index (κ3) is 4.00. The first-order valence-corrected chi connectivity index (χ1v) is 10.1. The van der Waals surface area contributed by atoms with Crippen LogP contribution in [0.25, 0.3) is 16.9 Å². The molecule has 32 heavy (non-hydrogen) atoms. The minimum absolute atomic E-state index is 0.0375. The quantitative estimate of drug-likeness (QED) is 0.259. The zero-order valence-corrected chi connectivity index (χ0v) is 18.0. The number of hydrogen-bond donors (Lipinski definition) is 1. The molecule has 0 aliphatic rings. The highest BCUT2D eigenvalue weighted by Crippen LogP contribution is 2.25. The number of hydrogen-bond acceptors (Lipinski definition) is 4. The van der Waals surface area contributed by atoms with Gasteiger partial charge in [0.25, 0.3) is 11.2 Å². The Hall–Kier alpha value is -4.26. The van der Waals surface area contributed by atoms with Gasteiger partial charge in [0.1, 0.15) is 0 Å². The van der Waals surface area contributed by atoms with E-state index in [9.17, 15) is 14.9 Å². The number of aliphatic imine (C=N–C) groups is 1. The van der Waals surface area contributed by atoms with Crippen LogP contribution in [-0.2, 0) is 0 Å². The summed E-state index contributed by atoms with van der Waals surface area (Å²) in [6, 6.07) is 21.4. The molecule has 7 heteroatoms. The molecule has 7 nitrogen and oxygen atoms in total. The predicted octanol–water partition coefficient (Wildman–Crippen LogP) is 5.50. The number of benzene rings is 3. The van der Waals surface area contributed by atoms with Crippen molar-refractivity contribution >= 4 is 17.1 Å². The molecular weight excluding hydrogens is 404 g/mol. The van der Waals surface area contributed by atoms with Crippen LogP contribution in [0.4, 0.5) is 11.4 Å². The highest BCUT2D eigenvalue weighted by molar-refractivity contribution is 6.04. The van der Waals surface area contributed by atoms with E-state index in [2.05, 4.69) is 11.2 Å². The smallest absolute Gasteiger partial charge is 0.280 e. The SMILES string of the molecule is CC(=Nc1ccc(C)cc1C)c1c(-c2ccccc2)[nH]n(-c2ccc([N+](=O)[O-])cc2)c1=O. The van der Waals surface area contributed by atoms with E-state index in [1.54, 1.807) is 12.1 Å². The first kappa shape index (κ1) is 21.0. The third-order valence-electron chi connectivity index (χ3n) is 5.27. The second kappa shape index (κ2) is 8.47. The molecule has 0 amide bonds. The zero-order chi connectivity index (χ0) is 22.8. The fraction of sp³-hybridized carbons (Fsp3) is 0.120. The molecule has 0 atom stereocenters. The zero-order valence-electron chi connectivity index (χ0n) is 18.0. The molecule has 3 aromatic carbocycles. The molecule has 1 N–H and O–H groups in total. The minimum atomic E-state index is -0.469. The average Bonchev–Trinajstić information content (AvgIpc) is 3.13. The maximum Gasteiger partial charge on any atom is 0.280 e. The summed E-state index contributed by atoms with van der Waals surface area (Å²) in [6.45, 7) is 5.83. The molecule has 0 spiro atoms. The molecule has 0 aliphatic heterocycles. The Labute approximate surface area is 184 Å². The van der Waals surface area contributed by atoms with Gasteiger partial charge in [-0.1, -0.05) is 48.0 Å². The van der Waals surface area contributed by atoms with Crippen molar-refractivity contribution in [3.63, 3.8) is 0 Å². The number of H-pyrrole nitrogens is 1. The second-order valence-electron chi connectivity index (χ2n) is 7.63. The van der Waals surface area contributed by atoms with Crippen molar-refractivity contribution in [2.24, 2.45) is 4.99 Å². The summed E-state index contributed by atoms with van der Waals surface area (Å²) in [7, 11) is 0. The fourth-order valence-electron chi connectivity index (χ4n) is 3.66. The molecule has 160 valence electrons. The predicted molar refractivity (Wildman–Crippen MR) is 126 cm³/mol. The molecule has 0 saturated carbocycles. The number of aryl methyl sites for hydroxylation is 2. The van der Waals surface area contributed by atoms with Crippen LogP contribution in [0.3, 0.4) is 0 Å². The third-order valence-corrected chi connectivity index (χ3v) is 5.27. The van der Waals surface area contributed by atoms with Crippen molar-refractivity contribution in [2.45, 2.75) is 20.8 Å². The van der Waals surface area contributed by atoms with Crippen LogP contribution in [0.5, 0.6) is 0 Å². The van der Waals surface area contributed by atoms with Crippen LogP contribution < -0.4 is 5.56 Å². The van der Waals surface area contributed by atoms with Gasteiger partial charge in [-0.3, -0.25) is 25.0 Å². The summed E-state index contributed by atoms with van der Waals surface area (Å²) in [4.78, 5) is 28.7. The highest BCUT2D eigenvalue weighted by atomic mass is 16.6. The summed E-state index contributed by atoms with van der Waals surface area (Å²) in [5.41, 5.74) is 5.68. The van der Waals surface area contributed by atoms with Crippen LogP contribution in [-0.4, -0.2) is 20.4 Å². The van der Waals surface area contributed by atoms with Crippen molar-refractivity contribution in [1.29, 1.82) is 0 Å². The number of non-ortho nitro benzene ring substituents is 1. The second-order valence-corrected chi connectivity index (χ2v) is 7.63. The van der Waals surface area contributed by atoms with Gasteiger partial charge in [-0.2, -0.15) is 0 Å². The number of aromatic amines is 1. The van der Waals surface area contributed by atoms with E-state index >= 15 is 0 Å². The number of rotatable bonds is 5. The van der Waals surface area contributed by atoms with E-state index in [4.69, 9.17) is 4.99 Å². The Morgan fingerprint density at radius 2 is 1.69 bits per heavy atom. The van der Waals surface area contributed by atoms with Gasteiger partial charge in [-0.15, -0.1) is 0 Å². The van der Waals surface area contributed by atoms with E-state index in [1.807, 2.05) is 63.2 Å². The summed E-state index contributed by atoms with van der Waals surface area (Å²) < 4.78 is 1.39. The number of nitro groups is 1. The number of nitrogens with one attached hydrogen (secondary N) is 1. The van der Waals surface area contributed by atoms with E-state index in [0.29, 0.717) is 22.7 Å². The van der Waals surface area contributed by atoms with Gasteiger partial charge in [-0.05, 0) is 44.5 Å². The molecule has 1 aromatic heterocycles. The standard InChI is InChI=1S/C25H22N4O3/c1-16-9-14-22(17(2)15-16)26-18(3)23-24(19-7-5-4-6-8-19)27-28(25(23)30)20-10-12-21(13-11-20)29(31)32/h4-15,27H,1-3H3. The Morgan fingerprint density at radius 1 is 1.00 bits per heavy atom. The molecule has 0 saturated heterocycles. The van der Waals surface area contributed by atoms with Crippen LogP contribution in [0.15, 0.2) is 82.6 Å². The largest absolute Gasteiger partial charge is 0.290 e. The van der Waals surface area contributed by atoms with Gasteiger partial charge < -0.3 is 0 Å². The van der Waals surface area contributed by atoms with Crippen molar-refractivity contribution < 1.29 is 4.92 Å². The monoisotopic (exact) mass is 426 g/mol. The number of aromatic nitrogens is 2. The van der Waals surface area contributed by atoms with Gasteiger partial charge in [0.2, 0.25) is 0 Å². The minimum Gasteiger partial charge on any atom is -0.290 e. The average molecular weight is 426 g/mol. The van der Waals surface area contributed by atoms with Crippen LogP contribution >= 0.6 is 0 Å². The topological polar surface area (TPSA) is 93.3 Å². The Balaban J connectivity index is 1.90. The number of nitro benzene ring substituents is 1. The van der Waals surface area contributed by atoms with Gasteiger partial charge >= 0.3 is 0 Å². The van der Waals surface area contributed by atoms with Gasteiger partial charge in [-0.25, -0.2) is 4.68 Å². The Kier molecular flexibility index (Phi) is 5.55. The molecular formula is C25H22N4O3. The Morgan fingerprint density at radius 3 is 2.31 bits per heavy atom. The van der Waals surface area contributed by atoms with Crippen molar-refractivity contribution in [3.8, 4) is 16.9 Å². The van der Waals surface area contributed by atoms with Crippen molar-refractivity contribution in [1.82, 2.24) is 9.78 Å². The molecule has 4 rings (SSSR count). The molecule has 4 aromatic rings. The maximum atomic E-state index is 13.5. The lowest BCUT2D eigenvalue weighted by molar-refractivity contribution is -0.384. The lowest BCUT2D eigenvalue weighted by Gasteiger charge is -2.05. The van der Waals surface area contributed by atoms with E-state index < -0.39 is 4.92 Å². The lowest BCUT2D eigenvalue weighted by atomic mass is 10.0. The van der Waals surface area contributed by atoms with Gasteiger partial charge in [0.15, 0.2) is 0 Å². The van der Waals surface area contributed by atoms with Gasteiger partial charge in [0.05, 0.1) is 33.3 Å². The van der Waals surface area contributed by atoms with Crippen molar-refractivity contribution in [3.05, 3.63) is 110 Å². The molecule has 0 fully saturated rings. The summed E-state index contributed by atoms with van der Waals surface area (Å²) in [5, 5.41) is 14.2. The summed E-state index contributed by atoms with van der Waals surface area (Å²) in [6.07, 6.45) is 0. The lowest BCUT2D eigenvalue weighted by Crippen LogP contribution is -2.19. The van der Waals surface area contributed by atoms with E-state index in [1.165, 1.54) is 16.8 Å². The highest BCUT2D eigenvalue weighted by Gasteiger charge is 2.20. The molecule has 0 unspecified atom stereocenters. The molecule has 0 bridgehead atoms. The van der Waals surface area contributed by atoms with Crippen molar-refractivity contribution in [2.75, 3.05) is 0 Å². The maximum absolute atomic E-state index is 13.5. The van der Waals surface area contributed by atoms with E-state index in [-0.39, 0.29) is 11.2 Å². The molecule has 1 heterocycles. The normalized spacial score (nSPS) is 11.5. The van der Waals surface area contributed by atoms with Crippen LogP contribution in [0.1, 0.15) is 23.6 Å². The summed E-state index contributed by atoms with van der Waals surface area (Å²) >= 11 is 0. The Bertz CT molecular complexity index is 1380. The fourth-order valence-corrected chi connectivity index (χ4v) is 3.66. The van der Waals surface area contributed by atoms with Gasteiger partial charge in [0, 0.05) is 17.7 Å². The molecule has 0 radical (unpaired) electrons. The van der Waals surface area contributed by atoms with Crippen LogP contribution in [0.2, 0.25) is 0 Å². The molecule has 0 aliphatic carbocycles. The first-order chi connectivity index (χ1) is 15.3.